The van der Waals surface area contributed by atoms with Crippen LogP contribution in [0.1, 0.15) is 16.9 Å². The predicted molar refractivity (Wildman–Crippen MR) is 134 cm³/mol. The van der Waals surface area contributed by atoms with Gasteiger partial charge in [0.2, 0.25) is 15.9 Å². The summed E-state index contributed by atoms with van der Waals surface area (Å²) >= 11 is 0. The minimum Gasteiger partial charge on any atom is -0.468 e. The number of rotatable bonds is 9. The van der Waals surface area contributed by atoms with Crippen molar-refractivity contribution in [1.29, 1.82) is 0 Å². The van der Waals surface area contributed by atoms with Crippen LogP contribution in [0.5, 0.6) is 0 Å². The molecule has 1 amide bonds. The summed E-state index contributed by atoms with van der Waals surface area (Å²) in [6.07, 6.45) is 4.65. The molecule has 2 heterocycles. The molecule has 1 N–H and O–H groups in total. The molecule has 0 bridgehead atoms. The molecule has 0 unspecified atom stereocenters. The van der Waals surface area contributed by atoms with Crippen molar-refractivity contribution in [2.75, 3.05) is 38.3 Å². The standard InChI is InChI=1S/C26H29N3O5S/c1-28(20-22-4-9-23(10-5-22)29-14-17-33-18-15-29)26(30)13-8-21-6-11-25(12-7-21)35(31,32)27-19-24-3-2-16-34-24/h2-13,16,27H,14-15,17-20H2,1H3/b13-8+. The van der Waals surface area contributed by atoms with Crippen LogP contribution in [0.3, 0.4) is 0 Å². The van der Waals surface area contributed by atoms with Gasteiger partial charge in [-0.1, -0.05) is 24.3 Å². The van der Waals surface area contributed by atoms with Gasteiger partial charge in [0.15, 0.2) is 0 Å². The molecule has 35 heavy (non-hydrogen) atoms. The smallest absolute Gasteiger partial charge is 0.246 e. The lowest BCUT2D eigenvalue weighted by molar-refractivity contribution is -0.125. The van der Waals surface area contributed by atoms with Crippen LogP contribution < -0.4 is 9.62 Å². The van der Waals surface area contributed by atoms with Gasteiger partial charge in [-0.05, 0) is 53.6 Å². The van der Waals surface area contributed by atoms with Gasteiger partial charge in [0.05, 0.1) is 30.9 Å². The summed E-state index contributed by atoms with van der Waals surface area (Å²) in [5, 5.41) is 0. The number of likely N-dealkylation sites (N-methyl/N-ethyl adjacent to an activating group) is 1. The van der Waals surface area contributed by atoms with Crippen molar-refractivity contribution in [3.05, 3.63) is 89.9 Å². The number of anilines is 1. The highest BCUT2D eigenvalue weighted by molar-refractivity contribution is 7.89. The number of sulfonamides is 1. The fourth-order valence-corrected chi connectivity index (χ4v) is 4.69. The Bertz CT molecular complexity index is 1230. The molecule has 1 saturated heterocycles. The van der Waals surface area contributed by atoms with E-state index in [0.717, 1.165) is 43.1 Å². The number of hydrogen-bond donors (Lipinski definition) is 1. The topological polar surface area (TPSA) is 92.1 Å². The number of amides is 1. The van der Waals surface area contributed by atoms with Crippen LogP contribution in [0.25, 0.3) is 6.08 Å². The molecule has 184 valence electrons. The third-order valence-electron chi connectivity index (χ3n) is 5.73. The molecule has 9 heteroatoms. The van der Waals surface area contributed by atoms with Crippen molar-refractivity contribution in [1.82, 2.24) is 9.62 Å². The Balaban J connectivity index is 1.29. The zero-order valence-electron chi connectivity index (χ0n) is 19.6. The summed E-state index contributed by atoms with van der Waals surface area (Å²) in [5.74, 6) is 0.392. The van der Waals surface area contributed by atoms with Gasteiger partial charge in [-0.25, -0.2) is 13.1 Å². The van der Waals surface area contributed by atoms with Crippen molar-refractivity contribution in [2.45, 2.75) is 18.0 Å². The van der Waals surface area contributed by atoms with Crippen molar-refractivity contribution in [3.8, 4) is 0 Å². The van der Waals surface area contributed by atoms with Gasteiger partial charge < -0.3 is 19.0 Å². The number of morpholine rings is 1. The maximum absolute atomic E-state index is 12.6. The maximum atomic E-state index is 12.6. The normalized spacial score (nSPS) is 14.4. The number of carbonyl (C=O) groups excluding carboxylic acids is 1. The van der Waals surface area contributed by atoms with Crippen LogP contribution in [0.4, 0.5) is 5.69 Å². The van der Waals surface area contributed by atoms with E-state index in [-0.39, 0.29) is 17.3 Å². The Morgan fingerprint density at radius 2 is 1.77 bits per heavy atom. The first kappa shape index (κ1) is 24.7. The van der Waals surface area contributed by atoms with Gasteiger partial charge in [0, 0.05) is 38.4 Å². The molecular formula is C26H29N3O5S. The first-order chi connectivity index (χ1) is 16.9. The third-order valence-corrected chi connectivity index (χ3v) is 7.15. The van der Waals surface area contributed by atoms with Gasteiger partial charge in [-0.3, -0.25) is 4.79 Å². The van der Waals surface area contributed by atoms with Crippen molar-refractivity contribution < 1.29 is 22.4 Å². The largest absolute Gasteiger partial charge is 0.468 e. The van der Waals surface area contributed by atoms with Crippen LogP contribution in [0, 0.1) is 0 Å². The van der Waals surface area contributed by atoms with Crippen LogP contribution in [-0.2, 0) is 32.6 Å². The molecule has 1 aliphatic heterocycles. The Labute approximate surface area is 205 Å². The molecule has 0 aliphatic carbocycles. The number of hydrogen-bond acceptors (Lipinski definition) is 6. The van der Waals surface area contributed by atoms with Crippen LogP contribution in [0.15, 0.2) is 82.3 Å². The maximum Gasteiger partial charge on any atom is 0.246 e. The van der Waals surface area contributed by atoms with E-state index < -0.39 is 10.0 Å². The van der Waals surface area contributed by atoms with E-state index in [1.54, 1.807) is 42.3 Å². The minimum atomic E-state index is -3.66. The minimum absolute atomic E-state index is 0.0771. The van der Waals surface area contributed by atoms with Crippen LogP contribution in [-0.4, -0.2) is 52.6 Å². The average Bonchev–Trinajstić information content (AvgIpc) is 3.41. The van der Waals surface area contributed by atoms with Gasteiger partial charge in [0.25, 0.3) is 0 Å². The summed E-state index contributed by atoms with van der Waals surface area (Å²) in [4.78, 5) is 16.6. The fraction of sp³-hybridized carbons (Fsp3) is 0.269. The lowest BCUT2D eigenvalue weighted by atomic mass is 10.1. The van der Waals surface area contributed by atoms with Crippen molar-refractivity contribution >= 4 is 27.7 Å². The first-order valence-electron chi connectivity index (χ1n) is 11.4. The number of ether oxygens (including phenoxy) is 1. The van der Waals surface area contributed by atoms with Gasteiger partial charge in [-0.15, -0.1) is 0 Å². The van der Waals surface area contributed by atoms with Gasteiger partial charge >= 0.3 is 0 Å². The summed E-state index contributed by atoms with van der Waals surface area (Å²) in [6.45, 7) is 3.83. The second-order valence-electron chi connectivity index (χ2n) is 8.27. The molecule has 3 aromatic rings. The molecule has 2 aromatic carbocycles. The lowest BCUT2D eigenvalue weighted by Gasteiger charge is -2.29. The Kier molecular flexibility index (Phi) is 8.02. The molecule has 0 saturated carbocycles. The van der Waals surface area contributed by atoms with Gasteiger partial charge in [-0.2, -0.15) is 0 Å². The lowest BCUT2D eigenvalue weighted by Crippen LogP contribution is -2.36. The Morgan fingerprint density at radius 1 is 1.06 bits per heavy atom. The molecule has 1 aromatic heterocycles. The SMILES string of the molecule is CN(Cc1ccc(N2CCOCC2)cc1)C(=O)/C=C/c1ccc(S(=O)(=O)NCc2ccco2)cc1. The Morgan fingerprint density at radius 3 is 2.43 bits per heavy atom. The van der Waals surface area contributed by atoms with E-state index in [9.17, 15) is 13.2 Å². The molecule has 0 atom stereocenters. The quantitative estimate of drug-likeness (QED) is 0.458. The van der Waals surface area contributed by atoms with E-state index in [2.05, 4.69) is 21.8 Å². The van der Waals surface area contributed by atoms with E-state index in [1.165, 1.54) is 24.5 Å². The number of nitrogens with zero attached hydrogens (tertiary/aromatic N) is 2. The van der Waals surface area contributed by atoms with E-state index in [1.807, 2.05) is 12.1 Å². The monoisotopic (exact) mass is 495 g/mol. The van der Waals surface area contributed by atoms with Gasteiger partial charge in [0.1, 0.15) is 5.76 Å². The number of carbonyl (C=O) groups is 1. The first-order valence-corrected chi connectivity index (χ1v) is 12.9. The highest BCUT2D eigenvalue weighted by Gasteiger charge is 2.14. The molecule has 1 fully saturated rings. The average molecular weight is 496 g/mol. The summed E-state index contributed by atoms with van der Waals surface area (Å²) in [6, 6.07) is 18.0. The Hall–Kier alpha value is -3.40. The fourth-order valence-electron chi connectivity index (χ4n) is 3.70. The van der Waals surface area contributed by atoms with E-state index in [0.29, 0.717) is 12.3 Å². The summed E-state index contributed by atoms with van der Waals surface area (Å²) < 4.78 is 37.9. The zero-order valence-corrected chi connectivity index (χ0v) is 20.4. The second kappa shape index (κ2) is 11.4. The van der Waals surface area contributed by atoms with Crippen LogP contribution >= 0.6 is 0 Å². The van der Waals surface area contributed by atoms with E-state index >= 15 is 0 Å². The third kappa shape index (κ3) is 6.82. The molecule has 0 spiro atoms. The highest BCUT2D eigenvalue weighted by atomic mass is 32.2. The molecule has 1 aliphatic rings. The van der Waals surface area contributed by atoms with Crippen molar-refractivity contribution in [2.24, 2.45) is 0 Å². The van der Waals surface area contributed by atoms with Crippen molar-refractivity contribution in [3.63, 3.8) is 0 Å². The second-order valence-corrected chi connectivity index (χ2v) is 10.0. The number of nitrogens with one attached hydrogen (secondary N) is 1. The molecular weight excluding hydrogens is 466 g/mol. The molecule has 8 nitrogen and oxygen atoms in total. The number of benzene rings is 2. The molecule has 0 radical (unpaired) electrons. The molecule has 4 rings (SSSR count). The van der Waals surface area contributed by atoms with Crippen LogP contribution in [0.2, 0.25) is 0 Å². The van der Waals surface area contributed by atoms with E-state index in [4.69, 9.17) is 9.15 Å². The summed E-state index contributed by atoms with van der Waals surface area (Å²) in [5.41, 5.74) is 2.93. The number of furan rings is 1. The predicted octanol–water partition coefficient (Wildman–Crippen LogP) is 3.27. The summed E-state index contributed by atoms with van der Waals surface area (Å²) in [7, 11) is -1.91. The zero-order chi connectivity index (χ0) is 24.7. The highest BCUT2D eigenvalue weighted by Crippen LogP contribution is 2.18.